The average molecular weight is 351 g/mol. The summed E-state index contributed by atoms with van der Waals surface area (Å²) in [5.41, 5.74) is 1.69. The van der Waals surface area contributed by atoms with Crippen molar-refractivity contribution < 1.29 is 9.53 Å². The molecule has 0 fully saturated rings. The van der Waals surface area contributed by atoms with E-state index in [1.54, 1.807) is 43.9 Å². The van der Waals surface area contributed by atoms with Gasteiger partial charge in [-0.05, 0) is 30.3 Å². The van der Waals surface area contributed by atoms with Crippen molar-refractivity contribution in [1.82, 2.24) is 25.1 Å². The van der Waals surface area contributed by atoms with Crippen molar-refractivity contribution in [2.24, 2.45) is 0 Å². The van der Waals surface area contributed by atoms with E-state index in [0.717, 1.165) is 16.0 Å². The van der Waals surface area contributed by atoms with E-state index >= 15 is 0 Å². The summed E-state index contributed by atoms with van der Waals surface area (Å²) in [5, 5.41) is 6.96. The van der Waals surface area contributed by atoms with Crippen LogP contribution in [0, 0.1) is 0 Å². The van der Waals surface area contributed by atoms with Gasteiger partial charge in [0.2, 0.25) is 5.91 Å². The fourth-order valence-corrected chi connectivity index (χ4v) is 2.28. The number of rotatable bonds is 6. The third-order valence-electron chi connectivity index (χ3n) is 3.63. The van der Waals surface area contributed by atoms with Gasteiger partial charge in [-0.2, -0.15) is 5.10 Å². The molecule has 2 aromatic heterocycles. The van der Waals surface area contributed by atoms with Crippen molar-refractivity contribution in [3.05, 3.63) is 71.0 Å². The number of hydrogen-bond donors (Lipinski definition) is 1. The molecule has 1 N–H and O–H groups in total. The van der Waals surface area contributed by atoms with Crippen LogP contribution < -0.4 is 15.6 Å². The molecule has 0 aliphatic rings. The van der Waals surface area contributed by atoms with Crippen molar-refractivity contribution in [2.75, 3.05) is 7.11 Å². The van der Waals surface area contributed by atoms with Crippen LogP contribution in [0.5, 0.6) is 5.75 Å². The summed E-state index contributed by atoms with van der Waals surface area (Å²) >= 11 is 0. The second-order valence-corrected chi connectivity index (χ2v) is 5.42. The molecule has 3 rings (SSSR count). The van der Waals surface area contributed by atoms with Crippen LogP contribution in [0.25, 0.3) is 11.3 Å². The normalized spacial score (nSPS) is 10.3. The van der Waals surface area contributed by atoms with Gasteiger partial charge < -0.3 is 10.1 Å². The van der Waals surface area contributed by atoms with Crippen LogP contribution in [0.2, 0.25) is 0 Å². The van der Waals surface area contributed by atoms with Crippen LogP contribution >= 0.6 is 0 Å². The Morgan fingerprint density at radius 1 is 1.15 bits per heavy atom. The molecule has 0 unspecified atom stereocenters. The van der Waals surface area contributed by atoms with E-state index in [2.05, 4.69) is 20.4 Å². The first-order valence-electron chi connectivity index (χ1n) is 7.90. The second kappa shape index (κ2) is 8.02. The molecule has 1 aromatic carbocycles. The Morgan fingerprint density at radius 2 is 1.96 bits per heavy atom. The van der Waals surface area contributed by atoms with Crippen molar-refractivity contribution in [1.29, 1.82) is 0 Å². The molecule has 0 saturated heterocycles. The van der Waals surface area contributed by atoms with Crippen LogP contribution in [0.3, 0.4) is 0 Å². The van der Waals surface area contributed by atoms with Gasteiger partial charge in [0.05, 0.1) is 31.2 Å². The molecule has 0 saturated carbocycles. The van der Waals surface area contributed by atoms with Gasteiger partial charge in [0.1, 0.15) is 12.3 Å². The highest BCUT2D eigenvalue weighted by molar-refractivity contribution is 5.75. The minimum Gasteiger partial charge on any atom is -0.497 e. The maximum Gasteiger partial charge on any atom is 0.267 e. The molecule has 0 aliphatic heterocycles. The SMILES string of the molecule is COc1ccc(-c2ccc(=O)n(CC(=O)NCc3cnccn3)n2)cc1. The van der Waals surface area contributed by atoms with Gasteiger partial charge in [-0.1, -0.05) is 0 Å². The van der Waals surface area contributed by atoms with Gasteiger partial charge in [-0.15, -0.1) is 0 Å². The highest BCUT2D eigenvalue weighted by atomic mass is 16.5. The summed E-state index contributed by atoms with van der Waals surface area (Å²) in [6.07, 6.45) is 4.67. The number of amides is 1. The first kappa shape index (κ1) is 17.3. The Labute approximate surface area is 149 Å². The molecular formula is C18H17N5O3. The smallest absolute Gasteiger partial charge is 0.267 e. The summed E-state index contributed by atoms with van der Waals surface area (Å²) in [6, 6.07) is 10.3. The number of carbonyl (C=O) groups is 1. The number of carbonyl (C=O) groups excluding carboxylic acids is 1. The number of methoxy groups -OCH3 is 1. The third-order valence-corrected chi connectivity index (χ3v) is 3.63. The fraction of sp³-hybridized carbons (Fsp3) is 0.167. The minimum atomic E-state index is -0.350. The van der Waals surface area contributed by atoms with Crippen LogP contribution in [0.4, 0.5) is 0 Å². The molecule has 3 aromatic rings. The van der Waals surface area contributed by atoms with E-state index in [1.807, 2.05) is 12.1 Å². The average Bonchev–Trinajstić information content (AvgIpc) is 2.69. The Balaban J connectivity index is 1.71. The van der Waals surface area contributed by atoms with Crippen LogP contribution in [0.15, 0.2) is 59.8 Å². The van der Waals surface area contributed by atoms with Crippen molar-refractivity contribution in [3.63, 3.8) is 0 Å². The maximum atomic E-state index is 12.1. The molecule has 0 bridgehead atoms. The molecule has 8 heteroatoms. The number of nitrogens with one attached hydrogen (secondary N) is 1. The molecule has 2 heterocycles. The lowest BCUT2D eigenvalue weighted by Gasteiger charge is -2.08. The van der Waals surface area contributed by atoms with Crippen molar-refractivity contribution >= 4 is 5.91 Å². The lowest BCUT2D eigenvalue weighted by molar-refractivity contribution is -0.122. The summed E-state index contributed by atoms with van der Waals surface area (Å²) < 4.78 is 6.26. The molecule has 1 amide bonds. The van der Waals surface area contributed by atoms with E-state index in [1.165, 1.54) is 6.07 Å². The first-order chi connectivity index (χ1) is 12.7. The van der Waals surface area contributed by atoms with E-state index < -0.39 is 0 Å². The minimum absolute atomic E-state index is 0.177. The fourth-order valence-electron chi connectivity index (χ4n) is 2.28. The Bertz CT molecular complexity index is 939. The van der Waals surface area contributed by atoms with Crippen molar-refractivity contribution in [2.45, 2.75) is 13.1 Å². The van der Waals surface area contributed by atoms with Crippen LogP contribution in [-0.4, -0.2) is 32.8 Å². The predicted molar refractivity (Wildman–Crippen MR) is 94.4 cm³/mol. The maximum absolute atomic E-state index is 12.1. The van der Waals surface area contributed by atoms with Gasteiger partial charge in [-0.3, -0.25) is 19.6 Å². The molecule has 26 heavy (non-hydrogen) atoms. The Kier molecular flexibility index (Phi) is 5.33. The number of hydrogen-bond acceptors (Lipinski definition) is 6. The summed E-state index contributed by atoms with van der Waals surface area (Å²) in [4.78, 5) is 32.1. The van der Waals surface area contributed by atoms with Gasteiger partial charge in [0.25, 0.3) is 5.56 Å². The molecule has 0 aliphatic carbocycles. The second-order valence-electron chi connectivity index (χ2n) is 5.42. The van der Waals surface area contributed by atoms with Crippen LogP contribution in [0.1, 0.15) is 5.69 Å². The quantitative estimate of drug-likeness (QED) is 0.712. The van der Waals surface area contributed by atoms with E-state index in [4.69, 9.17) is 4.74 Å². The summed E-state index contributed by atoms with van der Waals surface area (Å²) in [5.74, 6) is 0.391. The Hall–Kier alpha value is -3.55. The molecule has 8 nitrogen and oxygen atoms in total. The van der Waals surface area contributed by atoms with Crippen molar-refractivity contribution in [3.8, 4) is 17.0 Å². The van der Waals surface area contributed by atoms with Gasteiger partial charge >= 0.3 is 0 Å². The largest absolute Gasteiger partial charge is 0.497 e. The third kappa shape index (κ3) is 4.29. The zero-order valence-corrected chi connectivity index (χ0v) is 14.1. The number of aromatic nitrogens is 4. The molecular weight excluding hydrogens is 334 g/mol. The van der Waals surface area contributed by atoms with E-state index in [-0.39, 0.29) is 24.6 Å². The van der Waals surface area contributed by atoms with Gasteiger partial charge in [-0.25, -0.2) is 4.68 Å². The summed E-state index contributed by atoms with van der Waals surface area (Å²) in [6.45, 7) is 0.0582. The molecule has 0 spiro atoms. The lowest BCUT2D eigenvalue weighted by Crippen LogP contribution is -2.33. The summed E-state index contributed by atoms with van der Waals surface area (Å²) in [7, 11) is 1.59. The highest BCUT2D eigenvalue weighted by Crippen LogP contribution is 2.19. The highest BCUT2D eigenvalue weighted by Gasteiger charge is 2.08. The first-order valence-corrected chi connectivity index (χ1v) is 7.90. The van der Waals surface area contributed by atoms with E-state index in [0.29, 0.717) is 11.4 Å². The zero-order valence-electron chi connectivity index (χ0n) is 14.1. The molecule has 0 radical (unpaired) electrons. The van der Waals surface area contributed by atoms with E-state index in [9.17, 15) is 9.59 Å². The number of ether oxygens (including phenoxy) is 1. The lowest BCUT2D eigenvalue weighted by atomic mass is 10.1. The van der Waals surface area contributed by atoms with Crippen LogP contribution in [-0.2, 0) is 17.9 Å². The van der Waals surface area contributed by atoms with Gasteiger partial charge in [0.15, 0.2) is 0 Å². The molecule has 132 valence electrons. The van der Waals surface area contributed by atoms with Gasteiger partial charge in [0, 0.05) is 24.0 Å². The monoisotopic (exact) mass is 351 g/mol. The Morgan fingerprint density at radius 3 is 2.65 bits per heavy atom. The number of benzene rings is 1. The standard InChI is InChI=1S/C18H17N5O3/c1-26-15-4-2-13(3-5-15)16-6-7-18(25)23(22-16)12-17(24)21-11-14-10-19-8-9-20-14/h2-10H,11-12H2,1H3,(H,21,24). The predicted octanol–water partition coefficient (Wildman–Crippen LogP) is 1.03. The molecule has 0 atom stereocenters. The topological polar surface area (TPSA) is 99.0 Å². The zero-order chi connectivity index (χ0) is 18.4. The number of nitrogens with zero attached hydrogens (tertiary/aromatic N) is 4.